The largest absolute Gasteiger partial charge is 0.370 e. The molecule has 2 aromatic carbocycles. The molecule has 1 aliphatic carbocycles. The minimum absolute atomic E-state index is 0.0180. The summed E-state index contributed by atoms with van der Waals surface area (Å²) in [7, 11) is 0. The molecule has 4 rings (SSSR count). The molecular formula is C27H33F2NO5. The molecule has 6 nitrogen and oxygen atoms in total. The van der Waals surface area contributed by atoms with Gasteiger partial charge >= 0.3 is 0 Å². The Kier molecular flexibility index (Phi) is 7.57. The fraction of sp³-hybridized carbons (Fsp3) is 0.519. The third-order valence-electron chi connectivity index (χ3n) is 6.32. The third kappa shape index (κ3) is 6.06. The maximum atomic E-state index is 14.2. The number of carbonyl (C=O) groups is 1. The molecule has 1 heterocycles. The second kappa shape index (κ2) is 10.3. The van der Waals surface area contributed by atoms with Crippen molar-refractivity contribution in [1.29, 1.82) is 0 Å². The summed E-state index contributed by atoms with van der Waals surface area (Å²) < 4.78 is 52.4. The molecule has 0 spiro atoms. The Morgan fingerprint density at radius 1 is 1.06 bits per heavy atom. The van der Waals surface area contributed by atoms with Gasteiger partial charge < -0.3 is 24.3 Å². The highest BCUT2D eigenvalue weighted by Crippen LogP contribution is 2.44. The van der Waals surface area contributed by atoms with Gasteiger partial charge in [-0.3, -0.25) is 4.79 Å². The molecule has 35 heavy (non-hydrogen) atoms. The zero-order valence-corrected chi connectivity index (χ0v) is 20.6. The molecule has 2 aromatic rings. The molecule has 1 aliphatic heterocycles. The summed E-state index contributed by atoms with van der Waals surface area (Å²) in [5.74, 6) is -1.85. The third-order valence-corrected chi connectivity index (χ3v) is 6.32. The molecule has 2 aliphatic rings. The maximum absolute atomic E-state index is 14.2. The molecule has 1 saturated carbocycles. The van der Waals surface area contributed by atoms with Gasteiger partial charge in [0.15, 0.2) is 11.4 Å². The van der Waals surface area contributed by atoms with Crippen molar-refractivity contribution in [2.24, 2.45) is 0 Å². The summed E-state index contributed by atoms with van der Waals surface area (Å²) in [6.45, 7) is 7.50. The smallest absolute Gasteiger partial charge is 0.252 e. The van der Waals surface area contributed by atoms with Gasteiger partial charge in [0, 0.05) is 24.4 Å². The molecule has 0 aromatic heterocycles. The van der Waals surface area contributed by atoms with Gasteiger partial charge in [0.2, 0.25) is 0 Å². The first kappa shape index (κ1) is 25.7. The lowest BCUT2D eigenvalue weighted by Crippen LogP contribution is -2.60. The molecule has 1 N–H and O–H groups in total. The Labute approximate surface area is 204 Å². The molecule has 0 unspecified atom stereocenters. The fourth-order valence-electron chi connectivity index (χ4n) is 4.72. The van der Waals surface area contributed by atoms with E-state index >= 15 is 0 Å². The highest BCUT2D eigenvalue weighted by molar-refractivity contribution is 5.85. The highest BCUT2D eigenvalue weighted by atomic mass is 19.1. The zero-order valence-electron chi connectivity index (χ0n) is 20.6. The molecule has 190 valence electrons. The Balaban J connectivity index is 1.61. The van der Waals surface area contributed by atoms with Crippen molar-refractivity contribution in [3.8, 4) is 0 Å². The van der Waals surface area contributed by atoms with Crippen LogP contribution in [0.1, 0.15) is 51.7 Å². The SMILES string of the molecule is CC(C)NC(=O)[C@@]1(OCc2ccc(F)cc2)C[C@@H](OCc2ccccc2F)[C@@H]2OC(C)(C)O[C@@H]2C1. The van der Waals surface area contributed by atoms with Crippen molar-refractivity contribution in [3.05, 3.63) is 71.3 Å². The average Bonchev–Trinajstić information content (AvgIpc) is 3.11. The summed E-state index contributed by atoms with van der Waals surface area (Å²) in [5.41, 5.74) is -0.126. The highest BCUT2D eigenvalue weighted by Gasteiger charge is 2.58. The van der Waals surface area contributed by atoms with Crippen LogP contribution in [-0.2, 0) is 37.0 Å². The number of rotatable bonds is 8. The predicted octanol–water partition coefficient (Wildman–Crippen LogP) is 4.64. The Bertz CT molecular complexity index is 1030. The summed E-state index contributed by atoms with van der Waals surface area (Å²) in [5, 5.41) is 2.97. The van der Waals surface area contributed by atoms with Crippen LogP contribution in [0.15, 0.2) is 48.5 Å². The predicted molar refractivity (Wildman–Crippen MR) is 125 cm³/mol. The van der Waals surface area contributed by atoms with Crippen molar-refractivity contribution >= 4 is 5.91 Å². The number of carbonyl (C=O) groups excluding carboxylic acids is 1. The van der Waals surface area contributed by atoms with E-state index in [0.717, 1.165) is 5.56 Å². The molecule has 1 amide bonds. The van der Waals surface area contributed by atoms with Crippen LogP contribution < -0.4 is 5.32 Å². The van der Waals surface area contributed by atoms with Gasteiger partial charge in [0.1, 0.15) is 17.7 Å². The van der Waals surface area contributed by atoms with Crippen LogP contribution in [0.25, 0.3) is 0 Å². The first-order valence-electron chi connectivity index (χ1n) is 12.0. The van der Waals surface area contributed by atoms with Gasteiger partial charge in [0.05, 0.1) is 25.4 Å². The van der Waals surface area contributed by atoms with Crippen molar-refractivity contribution in [2.75, 3.05) is 0 Å². The quantitative estimate of drug-likeness (QED) is 0.585. The van der Waals surface area contributed by atoms with Gasteiger partial charge in [-0.05, 0) is 51.5 Å². The molecule has 1 saturated heterocycles. The molecule has 0 bridgehead atoms. The number of hydrogen-bond donors (Lipinski definition) is 1. The lowest BCUT2D eigenvalue weighted by Gasteiger charge is -2.43. The van der Waals surface area contributed by atoms with Crippen LogP contribution >= 0.6 is 0 Å². The number of hydrogen-bond acceptors (Lipinski definition) is 5. The van der Waals surface area contributed by atoms with Crippen LogP contribution in [0.4, 0.5) is 8.78 Å². The van der Waals surface area contributed by atoms with Crippen LogP contribution in [0.2, 0.25) is 0 Å². The summed E-state index contributed by atoms with van der Waals surface area (Å²) >= 11 is 0. The van der Waals surface area contributed by atoms with E-state index in [9.17, 15) is 13.6 Å². The Morgan fingerprint density at radius 2 is 1.77 bits per heavy atom. The number of halogens is 2. The van der Waals surface area contributed by atoms with E-state index in [-0.39, 0.29) is 49.6 Å². The van der Waals surface area contributed by atoms with Gasteiger partial charge in [-0.25, -0.2) is 8.78 Å². The first-order chi connectivity index (χ1) is 16.6. The van der Waals surface area contributed by atoms with E-state index in [1.54, 1.807) is 30.3 Å². The molecule has 2 fully saturated rings. The van der Waals surface area contributed by atoms with Crippen LogP contribution in [0.5, 0.6) is 0 Å². The normalized spacial score (nSPS) is 27.6. The number of ether oxygens (including phenoxy) is 4. The monoisotopic (exact) mass is 489 g/mol. The van der Waals surface area contributed by atoms with E-state index in [4.69, 9.17) is 18.9 Å². The summed E-state index contributed by atoms with van der Waals surface area (Å²) in [6.07, 6.45) is -1.02. The lowest BCUT2D eigenvalue weighted by molar-refractivity contribution is -0.184. The van der Waals surface area contributed by atoms with Gasteiger partial charge in [0.25, 0.3) is 5.91 Å². The minimum atomic E-state index is -1.27. The molecule has 8 heteroatoms. The lowest BCUT2D eigenvalue weighted by atomic mass is 9.78. The minimum Gasteiger partial charge on any atom is -0.370 e. The van der Waals surface area contributed by atoms with E-state index in [1.807, 2.05) is 27.7 Å². The number of fused-ring (bicyclic) bond motifs is 1. The molecular weight excluding hydrogens is 456 g/mol. The Morgan fingerprint density at radius 3 is 2.46 bits per heavy atom. The second-order valence-electron chi connectivity index (χ2n) is 10.0. The average molecular weight is 490 g/mol. The van der Waals surface area contributed by atoms with Crippen molar-refractivity contribution in [3.63, 3.8) is 0 Å². The number of nitrogens with one attached hydrogen (secondary N) is 1. The number of amides is 1. The topological polar surface area (TPSA) is 66.0 Å². The first-order valence-corrected chi connectivity index (χ1v) is 12.0. The summed E-state index contributed by atoms with van der Waals surface area (Å²) in [6, 6.07) is 12.3. The van der Waals surface area contributed by atoms with Crippen molar-refractivity contribution in [2.45, 2.75) is 89.5 Å². The van der Waals surface area contributed by atoms with Gasteiger partial charge in [-0.2, -0.15) is 0 Å². The van der Waals surface area contributed by atoms with Crippen molar-refractivity contribution in [1.82, 2.24) is 5.32 Å². The standard InChI is InChI=1S/C27H33F2NO5/c1-17(2)30-25(31)27(33-15-18-9-11-20(28)12-10-18)13-22(24-23(14-27)34-26(3,4)35-24)32-16-19-7-5-6-8-21(19)29/h5-12,17,22-24H,13-16H2,1-4H3,(H,30,31)/t22-,23-,24+,27-/m1/s1. The van der Waals surface area contributed by atoms with Crippen LogP contribution in [0.3, 0.4) is 0 Å². The van der Waals surface area contributed by atoms with Gasteiger partial charge in [-0.15, -0.1) is 0 Å². The second-order valence-corrected chi connectivity index (χ2v) is 10.0. The zero-order chi connectivity index (χ0) is 25.2. The maximum Gasteiger partial charge on any atom is 0.252 e. The van der Waals surface area contributed by atoms with Crippen LogP contribution in [0, 0.1) is 11.6 Å². The van der Waals surface area contributed by atoms with Crippen molar-refractivity contribution < 1.29 is 32.5 Å². The molecule has 4 atom stereocenters. The Hall–Kier alpha value is -2.39. The number of benzene rings is 2. The van der Waals surface area contributed by atoms with E-state index in [0.29, 0.717) is 5.56 Å². The summed E-state index contributed by atoms with van der Waals surface area (Å²) in [4.78, 5) is 13.5. The van der Waals surface area contributed by atoms with E-state index in [2.05, 4.69) is 5.32 Å². The van der Waals surface area contributed by atoms with E-state index < -0.39 is 29.7 Å². The molecule has 0 radical (unpaired) electrons. The fourth-order valence-corrected chi connectivity index (χ4v) is 4.72. The van der Waals surface area contributed by atoms with Crippen LogP contribution in [-0.4, -0.2) is 41.6 Å². The van der Waals surface area contributed by atoms with E-state index in [1.165, 1.54) is 18.2 Å². The van der Waals surface area contributed by atoms with Gasteiger partial charge in [-0.1, -0.05) is 30.3 Å².